The van der Waals surface area contributed by atoms with E-state index in [1.54, 1.807) is 18.2 Å². The van der Waals surface area contributed by atoms with Gasteiger partial charge in [-0.05, 0) is 24.3 Å². The Hall–Kier alpha value is -2.23. The molecule has 0 heterocycles. The average Bonchev–Trinajstić information content (AvgIpc) is 2.41. The van der Waals surface area contributed by atoms with E-state index in [9.17, 15) is 4.39 Å². The summed E-state index contributed by atoms with van der Waals surface area (Å²) in [5, 5.41) is 0. The van der Waals surface area contributed by atoms with E-state index in [4.69, 9.17) is 10.5 Å². The van der Waals surface area contributed by atoms with Crippen molar-refractivity contribution in [1.29, 1.82) is 0 Å². The first-order valence-electron chi connectivity index (χ1n) is 6.11. The minimum absolute atomic E-state index is 0.232. The molecule has 4 heteroatoms. The predicted molar refractivity (Wildman–Crippen MR) is 76.0 cm³/mol. The maximum Gasteiger partial charge on any atom is 0.146 e. The second-order valence-corrected chi connectivity index (χ2v) is 4.26. The third kappa shape index (κ3) is 3.37. The monoisotopic (exact) mass is 260 g/mol. The lowest BCUT2D eigenvalue weighted by Crippen LogP contribution is -2.24. The largest absolute Gasteiger partial charge is 0.490 e. The van der Waals surface area contributed by atoms with E-state index in [2.05, 4.69) is 0 Å². The number of nitrogens with zero attached hydrogens (tertiary/aromatic N) is 1. The molecule has 0 aliphatic rings. The quantitative estimate of drug-likeness (QED) is 0.840. The smallest absolute Gasteiger partial charge is 0.146 e. The van der Waals surface area contributed by atoms with Crippen LogP contribution in [0.3, 0.4) is 0 Å². The first-order valence-corrected chi connectivity index (χ1v) is 6.11. The molecule has 0 saturated carbocycles. The number of ether oxygens (including phenoxy) is 1. The van der Waals surface area contributed by atoms with Crippen molar-refractivity contribution in [2.45, 2.75) is 0 Å². The number of para-hydroxylation sites is 3. The van der Waals surface area contributed by atoms with Crippen LogP contribution in [-0.2, 0) is 0 Å². The molecule has 0 aromatic heterocycles. The zero-order valence-electron chi connectivity index (χ0n) is 10.8. The maximum atomic E-state index is 13.6. The van der Waals surface area contributed by atoms with Crippen molar-refractivity contribution in [3.8, 4) is 5.75 Å². The molecule has 0 atom stereocenters. The van der Waals surface area contributed by atoms with E-state index in [1.807, 2.05) is 36.2 Å². The van der Waals surface area contributed by atoms with Crippen LogP contribution < -0.4 is 15.4 Å². The van der Waals surface area contributed by atoms with Gasteiger partial charge < -0.3 is 15.4 Å². The zero-order valence-corrected chi connectivity index (χ0v) is 10.8. The van der Waals surface area contributed by atoms with Gasteiger partial charge in [0.15, 0.2) is 0 Å². The van der Waals surface area contributed by atoms with Crippen LogP contribution in [0, 0.1) is 5.82 Å². The molecule has 3 nitrogen and oxygen atoms in total. The van der Waals surface area contributed by atoms with Crippen molar-refractivity contribution in [2.75, 3.05) is 30.8 Å². The lowest BCUT2D eigenvalue weighted by molar-refractivity contribution is 0.327. The fraction of sp³-hybridized carbons (Fsp3) is 0.200. The van der Waals surface area contributed by atoms with Gasteiger partial charge in [0.1, 0.15) is 18.2 Å². The van der Waals surface area contributed by atoms with Gasteiger partial charge in [0.05, 0.1) is 17.9 Å². The van der Waals surface area contributed by atoms with E-state index in [0.29, 0.717) is 30.3 Å². The molecule has 2 rings (SSSR count). The molecule has 100 valence electrons. The van der Waals surface area contributed by atoms with Gasteiger partial charge in [-0.3, -0.25) is 0 Å². The molecule has 2 N–H and O–H groups in total. The Balaban J connectivity index is 1.90. The Morgan fingerprint density at radius 1 is 1.11 bits per heavy atom. The van der Waals surface area contributed by atoms with Crippen molar-refractivity contribution in [3.05, 3.63) is 54.3 Å². The molecule has 0 unspecified atom stereocenters. The molecule has 0 radical (unpaired) electrons. The fourth-order valence-electron chi connectivity index (χ4n) is 1.79. The summed E-state index contributed by atoms with van der Waals surface area (Å²) in [4.78, 5) is 1.81. The number of hydrogen-bond donors (Lipinski definition) is 1. The molecular formula is C15H17FN2O. The highest BCUT2D eigenvalue weighted by Gasteiger charge is 2.06. The Morgan fingerprint density at radius 2 is 1.79 bits per heavy atom. The van der Waals surface area contributed by atoms with Crippen molar-refractivity contribution in [1.82, 2.24) is 0 Å². The highest BCUT2D eigenvalue weighted by molar-refractivity contribution is 5.52. The second kappa shape index (κ2) is 6.09. The van der Waals surface area contributed by atoms with Gasteiger partial charge in [0.2, 0.25) is 0 Å². The average molecular weight is 260 g/mol. The third-order valence-electron chi connectivity index (χ3n) is 2.87. The first kappa shape index (κ1) is 13.2. The number of anilines is 2. The molecule has 2 aromatic rings. The summed E-state index contributed by atoms with van der Waals surface area (Å²) in [7, 11) is 1.83. The fourth-order valence-corrected chi connectivity index (χ4v) is 1.79. The van der Waals surface area contributed by atoms with Gasteiger partial charge in [-0.25, -0.2) is 4.39 Å². The summed E-state index contributed by atoms with van der Waals surface area (Å²) in [6.07, 6.45) is 0. The van der Waals surface area contributed by atoms with Gasteiger partial charge in [-0.2, -0.15) is 0 Å². The predicted octanol–water partition coefficient (Wildman–Crippen LogP) is 2.92. The van der Waals surface area contributed by atoms with Crippen molar-refractivity contribution in [3.63, 3.8) is 0 Å². The van der Waals surface area contributed by atoms with Gasteiger partial charge in [-0.1, -0.05) is 24.3 Å². The van der Waals surface area contributed by atoms with Crippen molar-refractivity contribution < 1.29 is 9.13 Å². The van der Waals surface area contributed by atoms with Gasteiger partial charge in [0.25, 0.3) is 0 Å². The number of halogens is 1. The summed E-state index contributed by atoms with van der Waals surface area (Å²) >= 11 is 0. The molecule has 0 spiro atoms. The maximum absolute atomic E-state index is 13.6. The van der Waals surface area contributed by atoms with Crippen LogP contribution in [0.25, 0.3) is 0 Å². The number of hydrogen-bond acceptors (Lipinski definition) is 3. The number of nitrogens with two attached hydrogens (primary N) is 1. The number of benzene rings is 2. The van der Waals surface area contributed by atoms with E-state index in [0.717, 1.165) is 0 Å². The Morgan fingerprint density at radius 3 is 2.53 bits per heavy atom. The molecule has 0 amide bonds. The Kier molecular flexibility index (Phi) is 4.23. The van der Waals surface area contributed by atoms with Crippen LogP contribution in [0.1, 0.15) is 0 Å². The minimum atomic E-state index is -0.232. The number of likely N-dealkylation sites (N-methyl/N-ethyl adjacent to an activating group) is 1. The molecular weight excluding hydrogens is 243 g/mol. The van der Waals surface area contributed by atoms with Crippen LogP contribution in [0.15, 0.2) is 48.5 Å². The zero-order chi connectivity index (χ0) is 13.7. The number of nitrogen functional groups attached to an aromatic ring is 1. The Bertz CT molecular complexity index is 545. The summed E-state index contributed by atoms with van der Waals surface area (Å²) in [6.45, 7) is 1.02. The van der Waals surface area contributed by atoms with Gasteiger partial charge in [-0.15, -0.1) is 0 Å². The molecule has 0 fully saturated rings. The van der Waals surface area contributed by atoms with Crippen molar-refractivity contribution >= 4 is 11.4 Å². The topological polar surface area (TPSA) is 38.5 Å². The van der Waals surface area contributed by atoms with E-state index in [-0.39, 0.29) is 5.82 Å². The Labute approximate surface area is 112 Å². The lowest BCUT2D eigenvalue weighted by Gasteiger charge is -2.20. The van der Waals surface area contributed by atoms with Crippen molar-refractivity contribution in [2.24, 2.45) is 0 Å². The molecule has 0 bridgehead atoms. The third-order valence-corrected chi connectivity index (χ3v) is 2.87. The van der Waals surface area contributed by atoms with E-state index >= 15 is 0 Å². The first-order chi connectivity index (χ1) is 9.18. The normalized spacial score (nSPS) is 10.2. The molecule has 2 aromatic carbocycles. The van der Waals surface area contributed by atoms with Crippen LogP contribution in [0.4, 0.5) is 15.8 Å². The van der Waals surface area contributed by atoms with Crippen LogP contribution >= 0.6 is 0 Å². The second-order valence-electron chi connectivity index (χ2n) is 4.26. The summed E-state index contributed by atoms with van der Waals surface area (Å²) in [6, 6.07) is 14.0. The van der Waals surface area contributed by atoms with Crippen LogP contribution in [0.5, 0.6) is 5.75 Å². The SMILES string of the molecule is CN(CCOc1ccccc1N)c1ccccc1F. The molecule has 0 saturated heterocycles. The summed E-state index contributed by atoms with van der Waals surface area (Å²) in [5.41, 5.74) is 6.94. The summed E-state index contributed by atoms with van der Waals surface area (Å²) in [5.74, 6) is 0.425. The van der Waals surface area contributed by atoms with Gasteiger partial charge >= 0.3 is 0 Å². The highest BCUT2D eigenvalue weighted by atomic mass is 19.1. The highest BCUT2D eigenvalue weighted by Crippen LogP contribution is 2.20. The van der Waals surface area contributed by atoms with E-state index in [1.165, 1.54) is 6.07 Å². The molecule has 19 heavy (non-hydrogen) atoms. The minimum Gasteiger partial charge on any atom is -0.490 e. The lowest BCUT2D eigenvalue weighted by atomic mass is 10.3. The van der Waals surface area contributed by atoms with Crippen LogP contribution in [0.2, 0.25) is 0 Å². The van der Waals surface area contributed by atoms with Gasteiger partial charge in [0, 0.05) is 7.05 Å². The number of rotatable bonds is 5. The van der Waals surface area contributed by atoms with Crippen LogP contribution in [-0.4, -0.2) is 20.2 Å². The molecule has 0 aliphatic heterocycles. The summed E-state index contributed by atoms with van der Waals surface area (Å²) < 4.78 is 19.1. The molecule has 0 aliphatic carbocycles. The van der Waals surface area contributed by atoms with E-state index < -0.39 is 0 Å². The standard InChI is InChI=1S/C15H17FN2O/c1-18(14-8-4-2-6-12(14)16)10-11-19-15-9-5-3-7-13(15)17/h2-9H,10-11,17H2,1H3.